The Kier molecular flexibility index (Phi) is 5.07. The van der Waals surface area contributed by atoms with Crippen LogP contribution in [0.4, 0.5) is 19.3 Å². The van der Waals surface area contributed by atoms with E-state index in [-0.39, 0.29) is 28.5 Å². The number of nitrogens with one attached hydrogen (secondary N) is 1. The van der Waals surface area contributed by atoms with Gasteiger partial charge >= 0.3 is 11.7 Å². The predicted molar refractivity (Wildman–Crippen MR) is 96.0 cm³/mol. The SMILES string of the molecule is CNC(=O)Oc1cc2oc(=O)c(Cc3cccc(N)c3)c(CF)c2cc1F. The average molecular weight is 374 g/mol. The minimum Gasteiger partial charge on any atom is -0.422 e. The number of amides is 1. The number of anilines is 1. The molecule has 0 aliphatic rings. The highest BCUT2D eigenvalue weighted by molar-refractivity contribution is 5.84. The maximum absolute atomic E-state index is 14.3. The van der Waals surface area contributed by atoms with Crippen molar-refractivity contribution in [3.63, 3.8) is 0 Å². The Morgan fingerprint density at radius 2 is 2.04 bits per heavy atom. The van der Waals surface area contributed by atoms with Gasteiger partial charge in [0.05, 0.1) is 0 Å². The van der Waals surface area contributed by atoms with E-state index in [0.717, 1.165) is 12.1 Å². The molecule has 27 heavy (non-hydrogen) atoms. The van der Waals surface area contributed by atoms with Crippen LogP contribution in [0.3, 0.4) is 0 Å². The standard InChI is InChI=1S/C19H16F2N2O4/c1-23-19(25)27-17-8-16-12(7-15(17)21)14(9-20)13(18(24)26-16)6-10-3-2-4-11(22)5-10/h2-5,7-8H,6,9,22H2,1H3,(H,23,25). The summed E-state index contributed by atoms with van der Waals surface area (Å²) in [6.45, 7) is -0.991. The van der Waals surface area contributed by atoms with Gasteiger partial charge in [0.1, 0.15) is 12.3 Å². The van der Waals surface area contributed by atoms with Crippen LogP contribution in [-0.4, -0.2) is 13.1 Å². The van der Waals surface area contributed by atoms with E-state index < -0.39 is 30.0 Å². The Morgan fingerprint density at radius 3 is 2.70 bits per heavy atom. The van der Waals surface area contributed by atoms with Crippen LogP contribution in [0.5, 0.6) is 5.75 Å². The first-order chi connectivity index (χ1) is 12.9. The molecule has 3 aromatic rings. The number of benzene rings is 2. The molecule has 0 fully saturated rings. The quantitative estimate of drug-likeness (QED) is 0.540. The maximum atomic E-state index is 14.3. The van der Waals surface area contributed by atoms with Gasteiger partial charge in [-0.15, -0.1) is 0 Å². The number of alkyl halides is 1. The number of carbonyl (C=O) groups is 1. The molecule has 140 valence electrons. The second-order valence-electron chi connectivity index (χ2n) is 5.82. The lowest BCUT2D eigenvalue weighted by molar-refractivity contribution is 0.201. The highest BCUT2D eigenvalue weighted by Crippen LogP contribution is 2.29. The smallest absolute Gasteiger partial charge is 0.412 e. The number of carbonyl (C=O) groups excluding carboxylic acids is 1. The molecule has 0 unspecified atom stereocenters. The van der Waals surface area contributed by atoms with Gasteiger partial charge in [-0.05, 0) is 23.8 Å². The van der Waals surface area contributed by atoms with Gasteiger partial charge < -0.3 is 20.2 Å². The lowest BCUT2D eigenvalue weighted by atomic mass is 9.99. The Morgan fingerprint density at radius 1 is 1.26 bits per heavy atom. The number of rotatable bonds is 4. The molecule has 0 atom stereocenters. The lowest BCUT2D eigenvalue weighted by Crippen LogP contribution is -2.22. The highest BCUT2D eigenvalue weighted by Gasteiger charge is 2.19. The van der Waals surface area contributed by atoms with E-state index in [4.69, 9.17) is 14.9 Å². The summed E-state index contributed by atoms with van der Waals surface area (Å²) in [4.78, 5) is 23.7. The van der Waals surface area contributed by atoms with Gasteiger partial charge in [0.15, 0.2) is 11.6 Å². The Bertz CT molecular complexity index is 1080. The van der Waals surface area contributed by atoms with Gasteiger partial charge in [-0.1, -0.05) is 12.1 Å². The van der Waals surface area contributed by atoms with Crippen LogP contribution >= 0.6 is 0 Å². The molecule has 0 aliphatic carbocycles. The Labute approximate surface area is 152 Å². The third-order valence-electron chi connectivity index (χ3n) is 4.04. The zero-order valence-electron chi connectivity index (χ0n) is 14.3. The zero-order valence-corrected chi connectivity index (χ0v) is 14.3. The fourth-order valence-corrected chi connectivity index (χ4v) is 2.77. The first kappa shape index (κ1) is 18.4. The van der Waals surface area contributed by atoms with Crippen molar-refractivity contribution in [1.82, 2.24) is 5.32 Å². The fraction of sp³-hybridized carbons (Fsp3) is 0.158. The summed E-state index contributed by atoms with van der Waals surface area (Å²) in [6.07, 6.45) is -0.805. The molecule has 0 radical (unpaired) electrons. The molecule has 0 saturated heterocycles. The van der Waals surface area contributed by atoms with Crippen molar-refractivity contribution in [3.8, 4) is 5.75 Å². The van der Waals surface area contributed by atoms with Crippen LogP contribution in [0, 0.1) is 5.82 Å². The molecular weight excluding hydrogens is 358 g/mol. The van der Waals surface area contributed by atoms with Gasteiger partial charge in [-0.3, -0.25) is 0 Å². The van der Waals surface area contributed by atoms with E-state index >= 15 is 0 Å². The molecule has 0 bridgehead atoms. The second kappa shape index (κ2) is 7.45. The average Bonchev–Trinajstić information content (AvgIpc) is 2.63. The lowest BCUT2D eigenvalue weighted by Gasteiger charge is -2.11. The van der Waals surface area contributed by atoms with Gasteiger partial charge in [-0.2, -0.15) is 0 Å². The molecule has 3 rings (SSSR count). The number of hydrogen-bond donors (Lipinski definition) is 2. The Hall–Kier alpha value is -3.42. The van der Waals surface area contributed by atoms with Gasteiger partial charge in [0.25, 0.3) is 0 Å². The number of fused-ring (bicyclic) bond motifs is 1. The minimum atomic E-state index is -0.991. The second-order valence-corrected chi connectivity index (χ2v) is 5.82. The topological polar surface area (TPSA) is 94.6 Å². The van der Waals surface area contributed by atoms with Crippen molar-refractivity contribution in [2.45, 2.75) is 13.1 Å². The van der Waals surface area contributed by atoms with Crippen LogP contribution in [0.1, 0.15) is 16.7 Å². The van der Waals surface area contributed by atoms with Crippen LogP contribution in [-0.2, 0) is 13.1 Å². The van der Waals surface area contributed by atoms with Crippen LogP contribution in [0.15, 0.2) is 45.6 Å². The summed E-state index contributed by atoms with van der Waals surface area (Å²) in [5.41, 5.74) is 6.19. The summed E-state index contributed by atoms with van der Waals surface area (Å²) >= 11 is 0. The summed E-state index contributed by atoms with van der Waals surface area (Å²) < 4.78 is 38.0. The van der Waals surface area contributed by atoms with E-state index in [2.05, 4.69) is 5.32 Å². The van der Waals surface area contributed by atoms with Crippen LogP contribution < -0.4 is 21.4 Å². The summed E-state index contributed by atoms with van der Waals surface area (Å²) in [6, 6.07) is 8.82. The van der Waals surface area contributed by atoms with Crippen molar-refractivity contribution >= 4 is 22.7 Å². The van der Waals surface area contributed by atoms with Gasteiger partial charge in [0, 0.05) is 41.7 Å². The number of halogens is 2. The molecule has 1 heterocycles. The number of nitrogens with two attached hydrogens (primary N) is 1. The van der Waals surface area contributed by atoms with Crippen LogP contribution in [0.25, 0.3) is 11.0 Å². The summed E-state index contributed by atoms with van der Waals surface area (Å²) in [5, 5.41) is 2.27. The molecule has 1 amide bonds. The van der Waals surface area contributed by atoms with Crippen molar-refractivity contribution < 1.29 is 22.7 Å². The Balaban J connectivity index is 2.13. The normalized spacial score (nSPS) is 10.8. The van der Waals surface area contributed by atoms with Crippen molar-refractivity contribution in [1.29, 1.82) is 0 Å². The summed E-state index contributed by atoms with van der Waals surface area (Å²) in [7, 11) is 1.31. The highest BCUT2D eigenvalue weighted by atomic mass is 19.1. The molecule has 0 spiro atoms. The van der Waals surface area contributed by atoms with Crippen LogP contribution in [0.2, 0.25) is 0 Å². The van der Waals surface area contributed by atoms with E-state index in [1.165, 1.54) is 7.05 Å². The van der Waals surface area contributed by atoms with E-state index in [0.29, 0.717) is 11.3 Å². The molecular formula is C19H16F2N2O4. The first-order valence-electron chi connectivity index (χ1n) is 8.01. The molecule has 2 aromatic carbocycles. The van der Waals surface area contributed by atoms with E-state index in [1.54, 1.807) is 24.3 Å². The maximum Gasteiger partial charge on any atom is 0.412 e. The van der Waals surface area contributed by atoms with Crippen molar-refractivity contribution in [3.05, 3.63) is 69.3 Å². The third kappa shape index (κ3) is 3.74. The molecule has 8 heteroatoms. The molecule has 0 aliphatic heterocycles. The summed E-state index contributed by atoms with van der Waals surface area (Å²) in [5.74, 6) is -1.32. The first-order valence-corrected chi connectivity index (χ1v) is 8.01. The van der Waals surface area contributed by atoms with E-state index in [1.807, 2.05) is 0 Å². The largest absolute Gasteiger partial charge is 0.422 e. The van der Waals surface area contributed by atoms with Gasteiger partial charge in [0.2, 0.25) is 0 Å². The zero-order chi connectivity index (χ0) is 19.6. The predicted octanol–water partition coefficient (Wildman–Crippen LogP) is 3.29. The number of nitrogen functional groups attached to an aromatic ring is 1. The van der Waals surface area contributed by atoms with Crippen molar-refractivity contribution in [2.24, 2.45) is 0 Å². The fourth-order valence-electron chi connectivity index (χ4n) is 2.77. The number of ether oxygens (including phenoxy) is 1. The van der Waals surface area contributed by atoms with Crippen molar-refractivity contribution in [2.75, 3.05) is 12.8 Å². The molecule has 6 nitrogen and oxygen atoms in total. The third-order valence-corrected chi connectivity index (χ3v) is 4.04. The monoisotopic (exact) mass is 374 g/mol. The van der Waals surface area contributed by atoms with Gasteiger partial charge in [-0.25, -0.2) is 18.4 Å². The molecule has 3 N–H and O–H groups in total. The van der Waals surface area contributed by atoms with E-state index in [9.17, 15) is 18.4 Å². The molecule has 0 saturated carbocycles. The molecule has 1 aromatic heterocycles. The number of hydrogen-bond acceptors (Lipinski definition) is 5. The minimum absolute atomic E-state index is 0.0223.